The lowest BCUT2D eigenvalue weighted by molar-refractivity contribution is 0.0570. The van der Waals surface area contributed by atoms with Crippen molar-refractivity contribution in [1.29, 1.82) is 0 Å². The van der Waals surface area contributed by atoms with E-state index in [2.05, 4.69) is 11.8 Å². The van der Waals surface area contributed by atoms with Crippen molar-refractivity contribution in [3.8, 4) is 0 Å². The second-order valence-corrected chi connectivity index (χ2v) is 5.01. The van der Waals surface area contributed by atoms with Crippen LogP contribution in [0.3, 0.4) is 0 Å². The number of hydrogen-bond acceptors (Lipinski definition) is 4. The van der Waals surface area contributed by atoms with Crippen LogP contribution in [0.1, 0.15) is 26.2 Å². The highest BCUT2D eigenvalue weighted by atomic mass is 16.5. The zero-order valence-electron chi connectivity index (χ0n) is 11.4. The standard InChI is InChI=1S/C13H28N2O2/c1-12-4-6-15(13(10-12)11-14)5-3-7-17-9-8-16-2/h12-13H,3-11,14H2,1-2H3. The number of methoxy groups -OCH3 is 1. The Morgan fingerprint density at radius 3 is 2.82 bits per heavy atom. The molecular formula is C13H28N2O2. The van der Waals surface area contributed by atoms with Gasteiger partial charge in [0.1, 0.15) is 0 Å². The molecule has 0 aromatic carbocycles. The van der Waals surface area contributed by atoms with Gasteiger partial charge in [-0.1, -0.05) is 6.92 Å². The number of ether oxygens (including phenoxy) is 2. The van der Waals surface area contributed by atoms with Crippen molar-refractivity contribution < 1.29 is 9.47 Å². The maximum Gasteiger partial charge on any atom is 0.0700 e. The molecule has 1 heterocycles. The van der Waals surface area contributed by atoms with Crippen LogP contribution in [0.5, 0.6) is 0 Å². The minimum absolute atomic E-state index is 0.581. The molecular weight excluding hydrogens is 216 g/mol. The highest BCUT2D eigenvalue weighted by Gasteiger charge is 2.24. The van der Waals surface area contributed by atoms with E-state index in [1.54, 1.807) is 7.11 Å². The molecule has 2 atom stereocenters. The van der Waals surface area contributed by atoms with Gasteiger partial charge in [-0.2, -0.15) is 0 Å². The molecule has 1 rings (SSSR count). The van der Waals surface area contributed by atoms with E-state index in [9.17, 15) is 0 Å². The Morgan fingerprint density at radius 2 is 2.12 bits per heavy atom. The Hall–Kier alpha value is -0.160. The molecule has 0 amide bonds. The zero-order valence-corrected chi connectivity index (χ0v) is 11.4. The van der Waals surface area contributed by atoms with Crippen LogP contribution in [0.2, 0.25) is 0 Å². The third kappa shape index (κ3) is 5.82. The fourth-order valence-corrected chi connectivity index (χ4v) is 2.45. The van der Waals surface area contributed by atoms with E-state index in [0.717, 1.165) is 32.0 Å². The van der Waals surface area contributed by atoms with Crippen molar-refractivity contribution >= 4 is 0 Å². The Bertz CT molecular complexity index is 190. The predicted octanol–water partition coefficient (Wildman–Crippen LogP) is 1.10. The fourth-order valence-electron chi connectivity index (χ4n) is 2.45. The van der Waals surface area contributed by atoms with Crippen LogP contribution in [-0.2, 0) is 9.47 Å². The molecule has 4 heteroatoms. The molecule has 1 fully saturated rings. The van der Waals surface area contributed by atoms with E-state index in [1.807, 2.05) is 0 Å². The monoisotopic (exact) mass is 244 g/mol. The maximum absolute atomic E-state index is 5.84. The molecule has 17 heavy (non-hydrogen) atoms. The van der Waals surface area contributed by atoms with Crippen molar-refractivity contribution in [1.82, 2.24) is 4.90 Å². The van der Waals surface area contributed by atoms with E-state index in [0.29, 0.717) is 19.3 Å². The maximum atomic E-state index is 5.84. The summed E-state index contributed by atoms with van der Waals surface area (Å²) < 4.78 is 10.4. The fraction of sp³-hybridized carbons (Fsp3) is 1.00. The van der Waals surface area contributed by atoms with Crippen LogP contribution in [0, 0.1) is 5.92 Å². The van der Waals surface area contributed by atoms with Gasteiger partial charge in [0.2, 0.25) is 0 Å². The smallest absolute Gasteiger partial charge is 0.0700 e. The second kappa shape index (κ2) is 8.86. The largest absolute Gasteiger partial charge is 0.382 e. The van der Waals surface area contributed by atoms with Gasteiger partial charge in [0.15, 0.2) is 0 Å². The first-order valence-corrected chi connectivity index (χ1v) is 6.78. The summed E-state index contributed by atoms with van der Waals surface area (Å²) in [5, 5.41) is 0. The topological polar surface area (TPSA) is 47.7 Å². The highest BCUT2D eigenvalue weighted by Crippen LogP contribution is 2.21. The van der Waals surface area contributed by atoms with Gasteiger partial charge in [-0.05, 0) is 31.7 Å². The Labute approximate surface area is 105 Å². The lowest BCUT2D eigenvalue weighted by Gasteiger charge is -2.37. The average molecular weight is 244 g/mol. The SMILES string of the molecule is COCCOCCCN1CCC(C)CC1CN. The lowest BCUT2D eigenvalue weighted by Crippen LogP contribution is -2.46. The van der Waals surface area contributed by atoms with Crippen LogP contribution in [0.4, 0.5) is 0 Å². The number of rotatable bonds is 8. The van der Waals surface area contributed by atoms with E-state index < -0.39 is 0 Å². The molecule has 2 N–H and O–H groups in total. The number of nitrogens with two attached hydrogens (primary N) is 1. The van der Waals surface area contributed by atoms with Gasteiger partial charge < -0.3 is 15.2 Å². The Morgan fingerprint density at radius 1 is 1.29 bits per heavy atom. The third-order valence-corrected chi connectivity index (χ3v) is 3.54. The summed E-state index contributed by atoms with van der Waals surface area (Å²) in [5.41, 5.74) is 5.84. The third-order valence-electron chi connectivity index (χ3n) is 3.54. The Balaban J connectivity index is 2.08. The first-order valence-electron chi connectivity index (χ1n) is 6.78. The molecule has 0 saturated carbocycles. The molecule has 0 bridgehead atoms. The molecule has 0 radical (unpaired) electrons. The summed E-state index contributed by atoms with van der Waals surface area (Å²) in [6.45, 7) is 7.64. The van der Waals surface area contributed by atoms with Gasteiger partial charge in [0, 0.05) is 32.8 Å². The molecule has 102 valence electrons. The molecule has 1 saturated heterocycles. The van der Waals surface area contributed by atoms with Gasteiger partial charge in [-0.3, -0.25) is 4.90 Å². The Kier molecular flexibility index (Phi) is 7.77. The summed E-state index contributed by atoms with van der Waals surface area (Å²) in [5.74, 6) is 0.831. The van der Waals surface area contributed by atoms with E-state index >= 15 is 0 Å². The van der Waals surface area contributed by atoms with Crippen molar-refractivity contribution in [3.63, 3.8) is 0 Å². The first kappa shape index (κ1) is 14.9. The second-order valence-electron chi connectivity index (χ2n) is 5.01. The quantitative estimate of drug-likeness (QED) is 0.650. The minimum atomic E-state index is 0.581. The predicted molar refractivity (Wildman–Crippen MR) is 70.1 cm³/mol. The number of hydrogen-bond donors (Lipinski definition) is 1. The summed E-state index contributed by atoms with van der Waals surface area (Å²) in [6.07, 6.45) is 3.65. The normalized spacial score (nSPS) is 26.3. The van der Waals surface area contributed by atoms with Crippen LogP contribution in [0.25, 0.3) is 0 Å². The number of likely N-dealkylation sites (tertiary alicyclic amines) is 1. The highest BCUT2D eigenvalue weighted by molar-refractivity contribution is 4.80. The van der Waals surface area contributed by atoms with Gasteiger partial charge >= 0.3 is 0 Å². The zero-order chi connectivity index (χ0) is 12.5. The minimum Gasteiger partial charge on any atom is -0.382 e. The van der Waals surface area contributed by atoms with E-state index in [1.165, 1.54) is 19.4 Å². The molecule has 1 aliphatic rings. The molecule has 0 aliphatic carbocycles. The van der Waals surface area contributed by atoms with Crippen LogP contribution < -0.4 is 5.73 Å². The van der Waals surface area contributed by atoms with Gasteiger partial charge in [0.25, 0.3) is 0 Å². The molecule has 4 nitrogen and oxygen atoms in total. The van der Waals surface area contributed by atoms with Gasteiger partial charge in [-0.25, -0.2) is 0 Å². The average Bonchev–Trinajstić information content (AvgIpc) is 2.35. The summed E-state index contributed by atoms with van der Waals surface area (Å²) in [4.78, 5) is 2.53. The van der Waals surface area contributed by atoms with E-state index in [4.69, 9.17) is 15.2 Å². The molecule has 2 unspecified atom stereocenters. The van der Waals surface area contributed by atoms with Crippen molar-refractivity contribution in [2.24, 2.45) is 11.7 Å². The molecule has 0 aromatic rings. The van der Waals surface area contributed by atoms with E-state index in [-0.39, 0.29) is 0 Å². The van der Waals surface area contributed by atoms with Gasteiger partial charge in [-0.15, -0.1) is 0 Å². The summed E-state index contributed by atoms with van der Waals surface area (Å²) in [7, 11) is 1.70. The first-order chi connectivity index (χ1) is 8.27. The van der Waals surface area contributed by atoms with Crippen molar-refractivity contribution in [3.05, 3.63) is 0 Å². The molecule has 1 aliphatic heterocycles. The van der Waals surface area contributed by atoms with Crippen LogP contribution >= 0.6 is 0 Å². The summed E-state index contributed by atoms with van der Waals surface area (Å²) >= 11 is 0. The van der Waals surface area contributed by atoms with Gasteiger partial charge in [0.05, 0.1) is 13.2 Å². The number of piperidine rings is 1. The van der Waals surface area contributed by atoms with Crippen LogP contribution in [0.15, 0.2) is 0 Å². The van der Waals surface area contributed by atoms with Crippen LogP contribution in [-0.4, -0.2) is 57.5 Å². The lowest BCUT2D eigenvalue weighted by atomic mass is 9.92. The van der Waals surface area contributed by atoms with Crippen molar-refractivity contribution in [2.75, 3.05) is 46.6 Å². The molecule has 0 aromatic heterocycles. The summed E-state index contributed by atoms with van der Waals surface area (Å²) in [6, 6.07) is 0.581. The van der Waals surface area contributed by atoms with Crippen molar-refractivity contribution in [2.45, 2.75) is 32.2 Å². The molecule has 0 spiro atoms. The number of nitrogens with zero attached hydrogens (tertiary/aromatic N) is 1.